The Morgan fingerprint density at radius 2 is 2.08 bits per heavy atom. The molecule has 0 bridgehead atoms. The molecule has 0 N–H and O–H groups in total. The van der Waals surface area contributed by atoms with Crippen LogP contribution in [0.4, 0.5) is 0 Å². The first-order chi connectivity index (χ1) is 5.92. The van der Waals surface area contributed by atoms with Gasteiger partial charge in [0.25, 0.3) is 0 Å². The summed E-state index contributed by atoms with van der Waals surface area (Å²) >= 11 is 0. The van der Waals surface area contributed by atoms with Gasteiger partial charge < -0.3 is 0 Å². The molecule has 0 aliphatic rings. The van der Waals surface area contributed by atoms with Crippen molar-refractivity contribution < 1.29 is 4.79 Å². The summed E-state index contributed by atoms with van der Waals surface area (Å²) in [6.07, 6.45) is 4.01. The third-order valence-corrected chi connectivity index (χ3v) is 1.67. The lowest BCUT2D eigenvalue weighted by Gasteiger charge is -1.96. The second kappa shape index (κ2) is 2.70. The van der Waals surface area contributed by atoms with Crippen LogP contribution in [0.5, 0.6) is 0 Å². The average molecular weight is 158 g/mol. The number of hydrogen-bond donors (Lipinski definition) is 0. The molecular weight excluding hydrogens is 152 g/mol. The molecular formula is C9H6N2O. The number of carbonyl (C=O) groups is 1. The Labute approximate surface area is 69.1 Å². The van der Waals surface area contributed by atoms with E-state index in [-0.39, 0.29) is 0 Å². The first-order valence-corrected chi connectivity index (χ1v) is 3.57. The molecule has 0 radical (unpaired) electrons. The van der Waals surface area contributed by atoms with E-state index in [0.717, 1.165) is 17.2 Å². The number of pyridine rings is 2. The Morgan fingerprint density at radius 1 is 1.17 bits per heavy atom. The normalized spacial score (nSPS) is 10.0. The van der Waals surface area contributed by atoms with Crippen molar-refractivity contribution in [1.82, 2.24) is 9.97 Å². The number of aldehydes is 1. The van der Waals surface area contributed by atoms with Crippen molar-refractivity contribution in [2.24, 2.45) is 0 Å². The highest BCUT2D eigenvalue weighted by molar-refractivity contribution is 5.93. The van der Waals surface area contributed by atoms with Crippen LogP contribution in [0, 0.1) is 0 Å². The molecule has 0 saturated carbocycles. The van der Waals surface area contributed by atoms with Gasteiger partial charge in [0, 0.05) is 17.8 Å². The van der Waals surface area contributed by atoms with Gasteiger partial charge in [0.1, 0.15) is 5.69 Å². The first-order valence-electron chi connectivity index (χ1n) is 3.57. The number of aromatic nitrogens is 2. The van der Waals surface area contributed by atoms with Gasteiger partial charge in [-0.1, -0.05) is 0 Å². The molecule has 0 unspecified atom stereocenters. The third kappa shape index (κ3) is 0.955. The molecule has 58 valence electrons. The standard InChI is InChI=1S/C9H6N2O/c12-6-9-7-2-1-4-10-8(7)3-5-11-9/h1-6H. The summed E-state index contributed by atoms with van der Waals surface area (Å²) in [7, 11) is 0. The molecule has 0 saturated heterocycles. The van der Waals surface area contributed by atoms with E-state index < -0.39 is 0 Å². The molecule has 3 heteroatoms. The van der Waals surface area contributed by atoms with Gasteiger partial charge in [0.15, 0.2) is 6.29 Å². The van der Waals surface area contributed by atoms with Gasteiger partial charge >= 0.3 is 0 Å². The van der Waals surface area contributed by atoms with Gasteiger partial charge in [0.05, 0.1) is 5.52 Å². The molecule has 0 spiro atoms. The van der Waals surface area contributed by atoms with Crippen LogP contribution in [0.3, 0.4) is 0 Å². The number of nitrogens with zero attached hydrogens (tertiary/aromatic N) is 2. The van der Waals surface area contributed by atoms with Crippen molar-refractivity contribution in [2.45, 2.75) is 0 Å². The van der Waals surface area contributed by atoms with E-state index in [4.69, 9.17) is 0 Å². The molecule has 0 amide bonds. The quantitative estimate of drug-likeness (QED) is 0.590. The highest BCUT2D eigenvalue weighted by Crippen LogP contribution is 2.11. The Morgan fingerprint density at radius 3 is 2.92 bits per heavy atom. The number of hydrogen-bond acceptors (Lipinski definition) is 3. The maximum Gasteiger partial charge on any atom is 0.169 e. The van der Waals surface area contributed by atoms with E-state index in [2.05, 4.69) is 9.97 Å². The predicted octanol–water partition coefficient (Wildman–Crippen LogP) is 1.44. The van der Waals surface area contributed by atoms with Crippen molar-refractivity contribution in [2.75, 3.05) is 0 Å². The largest absolute Gasteiger partial charge is 0.296 e. The maximum atomic E-state index is 10.5. The van der Waals surface area contributed by atoms with E-state index in [0.29, 0.717) is 5.69 Å². The summed E-state index contributed by atoms with van der Waals surface area (Å²) in [5, 5.41) is 0.801. The van der Waals surface area contributed by atoms with Crippen LogP contribution >= 0.6 is 0 Å². The second-order valence-corrected chi connectivity index (χ2v) is 2.38. The molecule has 0 atom stereocenters. The number of fused-ring (bicyclic) bond motifs is 1. The number of rotatable bonds is 1. The zero-order chi connectivity index (χ0) is 8.39. The molecule has 0 aliphatic heterocycles. The van der Waals surface area contributed by atoms with Gasteiger partial charge in [-0.2, -0.15) is 0 Å². The van der Waals surface area contributed by atoms with Crippen LogP contribution in [0.1, 0.15) is 10.5 Å². The SMILES string of the molecule is O=Cc1nccc2ncccc12. The van der Waals surface area contributed by atoms with Crippen LogP contribution in [0.25, 0.3) is 10.9 Å². The summed E-state index contributed by atoms with van der Waals surface area (Å²) in [4.78, 5) is 18.5. The predicted molar refractivity (Wildman–Crippen MR) is 44.9 cm³/mol. The van der Waals surface area contributed by atoms with Crippen LogP contribution in [-0.2, 0) is 0 Å². The molecule has 2 rings (SSSR count). The fourth-order valence-corrected chi connectivity index (χ4v) is 1.12. The molecule has 0 fully saturated rings. The molecule has 0 aromatic carbocycles. The van der Waals surface area contributed by atoms with Crippen molar-refractivity contribution in [3.05, 3.63) is 36.3 Å². The molecule has 3 nitrogen and oxygen atoms in total. The minimum atomic E-state index is 0.445. The van der Waals surface area contributed by atoms with Crippen LogP contribution < -0.4 is 0 Å². The highest BCUT2D eigenvalue weighted by atomic mass is 16.1. The minimum Gasteiger partial charge on any atom is -0.296 e. The van der Waals surface area contributed by atoms with Crippen LogP contribution in [-0.4, -0.2) is 16.3 Å². The fourth-order valence-electron chi connectivity index (χ4n) is 1.12. The number of carbonyl (C=O) groups excluding carboxylic acids is 1. The maximum absolute atomic E-state index is 10.5. The Balaban J connectivity index is 2.88. The Hall–Kier alpha value is -1.77. The lowest BCUT2D eigenvalue weighted by molar-refractivity contribution is 0.112. The summed E-state index contributed by atoms with van der Waals surface area (Å²) < 4.78 is 0. The zero-order valence-electron chi connectivity index (χ0n) is 6.27. The topological polar surface area (TPSA) is 42.9 Å². The van der Waals surface area contributed by atoms with Crippen molar-refractivity contribution in [3.63, 3.8) is 0 Å². The molecule has 2 aromatic heterocycles. The van der Waals surface area contributed by atoms with Crippen LogP contribution in [0.15, 0.2) is 30.6 Å². The molecule has 2 heterocycles. The smallest absolute Gasteiger partial charge is 0.169 e. The van der Waals surface area contributed by atoms with Crippen molar-refractivity contribution in [3.8, 4) is 0 Å². The third-order valence-electron chi connectivity index (χ3n) is 1.67. The van der Waals surface area contributed by atoms with Gasteiger partial charge in [0.2, 0.25) is 0 Å². The van der Waals surface area contributed by atoms with Crippen molar-refractivity contribution in [1.29, 1.82) is 0 Å². The van der Waals surface area contributed by atoms with E-state index in [1.165, 1.54) is 0 Å². The van der Waals surface area contributed by atoms with Gasteiger partial charge in [-0.15, -0.1) is 0 Å². The second-order valence-electron chi connectivity index (χ2n) is 2.38. The fraction of sp³-hybridized carbons (Fsp3) is 0. The van der Waals surface area contributed by atoms with E-state index in [9.17, 15) is 4.79 Å². The van der Waals surface area contributed by atoms with E-state index in [1.807, 2.05) is 6.07 Å². The highest BCUT2D eigenvalue weighted by Gasteiger charge is 1.99. The molecule has 2 aromatic rings. The van der Waals surface area contributed by atoms with Gasteiger partial charge in [-0.05, 0) is 18.2 Å². The van der Waals surface area contributed by atoms with E-state index >= 15 is 0 Å². The lowest BCUT2D eigenvalue weighted by Crippen LogP contribution is -1.88. The lowest BCUT2D eigenvalue weighted by atomic mass is 10.2. The Kier molecular flexibility index (Phi) is 1.55. The van der Waals surface area contributed by atoms with E-state index in [1.54, 1.807) is 24.5 Å². The Bertz CT molecular complexity index is 420. The summed E-state index contributed by atoms with van der Waals surface area (Å²) in [6.45, 7) is 0. The van der Waals surface area contributed by atoms with Gasteiger partial charge in [-0.3, -0.25) is 14.8 Å². The summed E-state index contributed by atoms with van der Waals surface area (Å²) in [5.74, 6) is 0. The monoisotopic (exact) mass is 158 g/mol. The zero-order valence-corrected chi connectivity index (χ0v) is 6.27. The van der Waals surface area contributed by atoms with Crippen LogP contribution in [0.2, 0.25) is 0 Å². The summed E-state index contributed by atoms with van der Waals surface area (Å²) in [6, 6.07) is 5.40. The molecule has 12 heavy (non-hydrogen) atoms. The summed E-state index contributed by atoms with van der Waals surface area (Å²) in [5.41, 5.74) is 1.25. The van der Waals surface area contributed by atoms with Crippen molar-refractivity contribution >= 4 is 17.2 Å². The van der Waals surface area contributed by atoms with Gasteiger partial charge in [-0.25, -0.2) is 0 Å². The first kappa shape index (κ1) is 6.91. The average Bonchev–Trinajstić information content (AvgIpc) is 2.17. The minimum absolute atomic E-state index is 0.445. The molecule has 0 aliphatic carbocycles.